The first-order chi connectivity index (χ1) is 7.33. The fraction of sp³-hybridized carbons (Fsp3) is 0.545. The number of nitrogens with zero attached hydrogens (tertiary/aromatic N) is 2. The SMILES string of the molecule is CC.CC.Cc1cnc(COC=O)cn1. The van der Waals surface area contributed by atoms with Crippen LogP contribution in [-0.2, 0) is 16.1 Å². The molecule has 0 N–H and O–H groups in total. The van der Waals surface area contributed by atoms with Gasteiger partial charge in [0.2, 0.25) is 0 Å². The van der Waals surface area contributed by atoms with Crippen LogP contribution in [0.5, 0.6) is 0 Å². The minimum Gasteiger partial charge on any atom is -0.461 e. The normalized spacial score (nSPS) is 7.53. The van der Waals surface area contributed by atoms with Crippen LogP contribution >= 0.6 is 0 Å². The molecule has 0 spiro atoms. The average molecular weight is 212 g/mol. The molecule has 1 heterocycles. The first kappa shape index (κ1) is 16.0. The molecular formula is C11H20N2O2. The van der Waals surface area contributed by atoms with Gasteiger partial charge in [-0.3, -0.25) is 14.8 Å². The number of rotatable bonds is 3. The Morgan fingerprint density at radius 3 is 2.20 bits per heavy atom. The minimum absolute atomic E-state index is 0.191. The molecule has 0 fully saturated rings. The Labute approximate surface area is 91.7 Å². The first-order valence-corrected chi connectivity index (χ1v) is 5.15. The lowest BCUT2D eigenvalue weighted by Crippen LogP contribution is -1.95. The van der Waals surface area contributed by atoms with Crippen LogP contribution in [0.25, 0.3) is 0 Å². The monoisotopic (exact) mass is 212 g/mol. The van der Waals surface area contributed by atoms with Gasteiger partial charge in [0.25, 0.3) is 6.47 Å². The van der Waals surface area contributed by atoms with Gasteiger partial charge in [-0.05, 0) is 6.92 Å². The number of carbonyl (C=O) groups is 1. The van der Waals surface area contributed by atoms with Crippen molar-refractivity contribution in [2.45, 2.75) is 41.2 Å². The topological polar surface area (TPSA) is 52.1 Å². The van der Waals surface area contributed by atoms with Gasteiger partial charge in [0, 0.05) is 6.20 Å². The van der Waals surface area contributed by atoms with E-state index in [4.69, 9.17) is 0 Å². The van der Waals surface area contributed by atoms with Crippen LogP contribution in [0.4, 0.5) is 0 Å². The molecule has 0 saturated heterocycles. The van der Waals surface area contributed by atoms with Gasteiger partial charge in [-0.1, -0.05) is 27.7 Å². The van der Waals surface area contributed by atoms with Crippen LogP contribution in [0.15, 0.2) is 12.4 Å². The van der Waals surface area contributed by atoms with Gasteiger partial charge in [0.05, 0.1) is 17.6 Å². The molecule has 0 bridgehead atoms. The van der Waals surface area contributed by atoms with Gasteiger partial charge in [-0.25, -0.2) is 0 Å². The maximum absolute atomic E-state index is 9.77. The zero-order valence-electron chi connectivity index (χ0n) is 10.2. The van der Waals surface area contributed by atoms with E-state index in [0.29, 0.717) is 12.2 Å². The van der Waals surface area contributed by atoms with Crippen molar-refractivity contribution in [2.24, 2.45) is 0 Å². The maximum atomic E-state index is 9.77. The van der Waals surface area contributed by atoms with Crippen LogP contribution in [0, 0.1) is 6.92 Å². The average Bonchev–Trinajstić information content (AvgIpc) is 2.34. The highest BCUT2D eigenvalue weighted by atomic mass is 16.5. The molecule has 0 unspecified atom stereocenters. The van der Waals surface area contributed by atoms with Crippen molar-refractivity contribution in [1.29, 1.82) is 0 Å². The van der Waals surface area contributed by atoms with E-state index in [0.717, 1.165) is 5.69 Å². The Morgan fingerprint density at radius 1 is 1.20 bits per heavy atom. The molecule has 0 radical (unpaired) electrons. The lowest BCUT2D eigenvalue weighted by Gasteiger charge is -1.96. The van der Waals surface area contributed by atoms with Gasteiger partial charge in [-0.2, -0.15) is 0 Å². The van der Waals surface area contributed by atoms with E-state index in [1.165, 1.54) is 0 Å². The van der Waals surface area contributed by atoms with Crippen molar-refractivity contribution < 1.29 is 9.53 Å². The molecule has 0 amide bonds. The summed E-state index contributed by atoms with van der Waals surface area (Å²) >= 11 is 0. The number of aromatic nitrogens is 2. The van der Waals surface area contributed by atoms with E-state index in [-0.39, 0.29) is 6.61 Å². The van der Waals surface area contributed by atoms with Crippen molar-refractivity contribution in [3.8, 4) is 0 Å². The fourth-order valence-electron chi connectivity index (χ4n) is 0.613. The summed E-state index contributed by atoms with van der Waals surface area (Å²) in [5, 5.41) is 0. The van der Waals surface area contributed by atoms with E-state index in [1.807, 2.05) is 34.6 Å². The van der Waals surface area contributed by atoms with E-state index in [9.17, 15) is 4.79 Å². The zero-order chi connectivity index (χ0) is 12.1. The van der Waals surface area contributed by atoms with Gasteiger partial charge in [0.1, 0.15) is 6.61 Å². The van der Waals surface area contributed by atoms with Crippen molar-refractivity contribution in [3.63, 3.8) is 0 Å². The Kier molecular flexibility index (Phi) is 13.4. The maximum Gasteiger partial charge on any atom is 0.293 e. The molecule has 0 aliphatic heterocycles. The van der Waals surface area contributed by atoms with E-state index < -0.39 is 0 Å². The van der Waals surface area contributed by atoms with E-state index in [2.05, 4.69) is 14.7 Å². The van der Waals surface area contributed by atoms with Gasteiger partial charge in [-0.15, -0.1) is 0 Å². The summed E-state index contributed by atoms with van der Waals surface area (Å²) in [4.78, 5) is 17.7. The minimum atomic E-state index is 0.191. The molecule has 1 aromatic rings. The Bertz CT molecular complexity index is 235. The molecule has 1 rings (SSSR count). The van der Waals surface area contributed by atoms with Crippen molar-refractivity contribution in [2.75, 3.05) is 0 Å². The molecule has 1 aromatic heterocycles. The van der Waals surface area contributed by atoms with Gasteiger partial charge >= 0.3 is 0 Å². The second-order valence-electron chi connectivity index (χ2n) is 2.06. The molecule has 0 aliphatic rings. The molecule has 0 saturated carbocycles. The summed E-state index contributed by atoms with van der Waals surface area (Å²) in [7, 11) is 0. The number of ether oxygens (including phenoxy) is 1. The molecule has 15 heavy (non-hydrogen) atoms. The predicted octanol–water partition coefficient (Wildman–Crippen LogP) is 2.51. The largest absolute Gasteiger partial charge is 0.461 e. The number of carbonyl (C=O) groups excluding carboxylic acids is 1. The second-order valence-corrected chi connectivity index (χ2v) is 2.06. The third kappa shape index (κ3) is 8.87. The highest BCUT2D eigenvalue weighted by Crippen LogP contribution is 1.94. The third-order valence-corrected chi connectivity index (χ3v) is 1.13. The smallest absolute Gasteiger partial charge is 0.293 e. The van der Waals surface area contributed by atoms with E-state index in [1.54, 1.807) is 12.4 Å². The van der Waals surface area contributed by atoms with Crippen molar-refractivity contribution >= 4 is 6.47 Å². The molecule has 0 aliphatic carbocycles. The van der Waals surface area contributed by atoms with Crippen LogP contribution in [0.1, 0.15) is 39.1 Å². The number of hydrogen-bond acceptors (Lipinski definition) is 4. The van der Waals surface area contributed by atoms with Gasteiger partial charge < -0.3 is 4.74 Å². The Hall–Kier alpha value is -1.45. The quantitative estimate of drug-likeness (QED) is 0.722. The molecular weight excluding hydrogens is 192 g/mol. The summed E-state index contributed by atoms with van der Waals surface area (Å²) in [6, 6.07) is 0. The van der Waals surface area contributed by atoms with Crippen molar-refractivity contribution in [1.82, 2.24) is 9.97 Å². The highest BCUT2D eigenvalue weighted by molar-refractivity contribution is 5.37. The van der Waals surface area contributed by atoms with Gasteiger partial charge in [0.15, 0.2) is 0 Å². The van der Waals surface area contributed by atoms with E-state index >= 15 is 0 Å². The summed E-state index contributed by atoms with van der Waals surface area (Å²) in [5.41, 5.74) is 1.50. The molecule has 86 valence electrons. The summed E-state index contributed by atoms with van der Waals surface area (Å²) < 4.78 is 4.48. The lowest BCUT2D eigenvalue weighted by molar-refractivity contribution is -0.129. The summed E-state index contributed by atoms with van der Waals surface area (Å²) in [5.74, 6) is 0. The molecule has 4 nitrogen and oxygen atoms in total. The predicted molar refractivity (Wildman–Crippen MR) is 60.3 cm³/mol. The molecule has 0 aromatic carbocycles. The highest BCUT2D eigenvalue weighted by Gasteiger charge is 1.93. The summed E-state index contributed by atoms with van der Waals surface area (Å²) in [6.07, 6.45) is 3.21. The van der Waals surface area contributed by atoms with Crippen LogP contribution in [-0.4, -0.2) is 16.4 Å². The molecule has 0 atom stereocenters. The summed E-state index contributed by atoms with van der Waals surface area (Å²) in [6.45, 7) is 10.4. The number of hydrogen-bond donors (Lipinski definition) is 0. The number of aryl methyl sites for hydroxylation is 1. The Morgan fingerprint density at radius 2 is 1.80 bits per heavy atom. The van der Waals surface area contributed by atoms with Crippen LogP contribution in [0.3, 0.4) is 0 Å². The Balaban J connectivity index is 0. The van der Waals surface area contributed by atoms with Crippen LogP contribution < -0.4 is 0 Å². The van der Waals surface area contributed by atoms with Crippen LogP contribution in [0.2, 0.25) is 0 Å². The van der Waals surface area contributed by atoms with Crippen molar-refractivity contribution in [3.05, 3.63) is 23.8 Å². The fourth-order valence-corrected chi connectivity index (χ4v) is 0.613. The zero-order valence-corrected chi connectivity index (χ0v) is 10.2. The first-order valence-electron chi connectivity index (χ1n) is 5.15. The second kappa shape index (κ2) is 12.6. The third-order valence-electron chi connectivity index (χ3n) is 1.13. The standard InChI is InChI=1S/C7H8N2O2.2C2H6/c1-6-2-9-7(3-8-6)4-11-5-10;2*1-2/h2-3,5H,4H2,1H3;2*1-2H3. The molecule has 4 heteroatoms. The lowest BCUT2D eigenvalue weighted by atomic mass is 10.4.